The number of hydrogen-bond acceptors (Lipinski definition) is 5. The number of methoxy groups -OCH3 is 1. The Hall–Kier alpha value is -3.61. The van der Waals surface area contributed by atoms with Gasteiger partial charge in [0.15, 0.2) is 11.2 Å². The number of aromatic nitrogens is 4. The van der Waals surface area contributed by atoms with E-state index in [9.17, 15) is 9.18 Å². The number of rotatable bonds is 3. The van der Waals surface area contributed by atoms with Crippen LogP contribution in [0.15, 0.2) is 59.7 Å². The Bertz CT molecular complexity index is 1160. The average Bonchev–Trinajstić information content (AvgIpc) is 2.68. The summed E-state index contributed by atoms with van der Waals surface area (Å²) < 4.78 is 18.5. The van der Waals surface area contributed by atoms with E-state index in [0.717, 1.165) is 0 Å². The van der Waals surface area contributed by atoms with Crippen LogP contribution in [0.25, 0.3) is 33.7 Å². The molecule has 1 aromatic carbocycles. The highest BCUT2D eigenvalue weighted by Gasteiger charge is 2.15. The Kier molecular flexibility index (Phi) is 3.89. The lowest BCUT2D eigenvalue weighted by atomic mass is 10.0. The molecule has 0 spiro atoms. The molecule has 3 aromatic heterocycles. The Morgan fingerprint density at radius 3 is 2.54 bits per heavy atom. The number of hydrogen-bond donors (Lipinski definition) is 1. The van der Waals surface area contributed by atoms with Crippen molar-refractivity contribution in [3.8, 4) is 28.4 Å². The average molecular weight is 348 g/mol. The number of ether oxygens (including phenoxy) is 1. The molecule has 128 valence electrons. The monoisotopic (exact) mass is 348 g/mol. The number of halogens is 1. The summed E-state index contributed by atoms with van der Waals surface area (Å²) in [7, 11) is 1.52. The van der Waals surface area contributed by atoms with Gasteiger partial charge in [-0.2, -0.15) is 0 Å². The van der Waals surface area contributed by atoms with E-state index >= 15 is 0 Å². The lowest BCUT2D eigenvalue weighted by molar-refractivity contribution is 0.398. The minimum absolute atomic E-state index is 0.226. The number of pyridine rings is 2. The second kappa shape index (κ2) is 6.36. The number of nitrogens with one attached hydrogen (secondary N) is 1. The quantitative estimate of drug-likeness (QED) is 0.615. The van der Waals surface area contributed by atoms with Crippen LogP contribution in [0.3, 0.4) is 0 Å². The molecular weight excluding hydrogens is 335 g/mol. The lowest BCUT2D eigenvalue weighted by Crippen LogP contribution is -2.06. The van der Waals surface area contributed by atoms with Crippen molar-refractivity contribution in [2.75, 3.05) is 7.11 Å². The first kappa shape index (κ1) is 15.9. The molecule has 0 aliphatic rings. The second-order valence-electron chi connectivity index (χ2n) is 5.55. The summed E-state index contributed by atoms with van der Waals surface area (Å²) in [4.78, 5) is 28.3. The lowest BCUT2D eigenvalue weighted by Gasteiger charge is -2.10. The Morgan fingerprint density at radius 1 is 1.00 bits per heavy atom. The van der Waals surface area contributed by atoms with Gasteiger partial charge in [-0.15, -0.1) is 0 Å². The SMILES string of the molecule is COc1cc(-c2nc3c(=O)cc[nH]c3nc2-c2ccc(F)cc2)ccn1. The van der Waals surface area contributed by atoms with E-state index in [1.807, 2.05) is 0 Å². The molecule has 0 saturated heterocycles. The highest BCUT2D eigenvalue weighted by molar-refractivity contribution is 5.84. The third-order valence-corrected chi connectivity index (χ3v) is 3.92. The van der Waals surface area contributed by atoms with Gasteiger partial charge in [-0.25, -0.2) is 19.3 Å². The molecule has 0 saturated carbocycles. The minimum atomic E-state index is -0.344. The van der Waals surface area contributed by atoms with E-state index in [4.69, 9.17) is 4.74 Å². The molecule has 0 atom stereocenters. The summed E-state index contributed by atoms with van der Waals surface area (Å²) in [5.74, 6) is 0.0689. The Morgan fingerprint density at radius 2 is 1.77 bits per heavy atom. The topological polar surface area (TPSA) is 80.8 Å². The molecule has 26 heavy (non-hydrogen) atoms. The van der Waals surface area contributed by atoms with E-state index in [1.165, 1.54) is 31.5 Å². The molecule has 0 fully saturated rings. The van der Waals surface area contributed by atoms with Gasteiger partial charge in [0.05, 0.1) is 18.5 Å². The van der Waals surface area contributed by atoms with Gasteiger partial charge in [0.25, 0.3) is 0 Å². The molecule has 4 aromatic rings. The maximum absolute atomic E-state index is 13.3. The number of nitrogens with zero attached hydrogens (tertiary/aromatic N) is 3. The van der Waals surface area contributed by atoms with Gasteiger partial charge < -0.3 is 9.72 Å². The molecule has 0 aliphatic heterocycles. The maximum atomic E-state index is 13.3. The van der Waals surface area contributed by atoms with E-state index in [0.29, 0.717) is 34.0 Å². The largest absolute Gasteiger partial charge is 0.481 e. The summed E-state index contributed by atoms with van der Waals surface area (Å²) in [6, 6.07) is 10.8. The van der Waals surface area contributed by atoms with Crippen LogP contribution >= 0.6 is 0 Å². The zero-order valence-corrected chi connectivity index (χ0v) is 13.7. The molecule has 0 bridgehead atoms. The van der Waals surface area contributed by atoms with Crippen LogP contribution in [0.1, 0.15) is 0 Å². The number of aromatic amines is 1. The van der Waals surface area contributed by atoms with Crippen LogP contribution < -0.4 is 10.2 Å². The Labute approximate surface area is 147 Å². The van der Waals surface area contributed by atoms with Crippen LogP contribution in [0.2, 0.25) is 0 Å². The first-order valence-corrected chi connectivity index (χ1v) is 7.81. The fourth-order valence-electron chi connectivity index (χ4n) is 2.66. The fourth-order valence-corrected chi connectivity index (χ4v) is 2.66. The number of benzene rings is 1. The van der Waals surface area contributed by atoms with Gasteiger partial charge in [0, 0.05) is 35.7 Å². The molecular formula is C19H13FN4O2. The van der Waals surface area contributed by atoms with Gasteiger partial charge >= 0.3 is 0 Å². The molecule has 7 heteroatoms. The van der Waals surface area contributed by atoms with Gasteiger partial charge in [0.2, 0.25) is 11.3 Å². The Balaban J connectivity index is 2.04. The highest BCUT2D eigenvalue weighted by Crippen LogP contribution is 2.31. The molecule has 3 heterocycles. The van der Waals surface area contributed by atoms with Crippen LogP contribution in [0.4, 0.5) is 4.39 Å². The normalized spacial score (nSPS) is 10.8. The van der Waals surface area contributed by atoms with Crippen LogP contribution in [-0.2, 0) is 0 Å². The van der Waals surface area contributed by atoms with Gasteiger partial charge in [-0.05, 0) is 30.3 Å². The minimum Gasteiger partial charge on any atom is -0.481 e. The van der Waals surface area contributed by atoms with Gasteiger partial charge in [-0.1, -0.05) is 0 Å². The summed E-state index contributed by atoms with van der Waals surface area (Å²) in [5, 5.41) is 0. The summed E-state index contributed by atoms with van der Waals surface area (Å²) >= 11 is 0. The molecule has 1 N–H and O–H groups in total. The van der Waals surface area contributed by atoms with Gasteiger partial charge in [0.1, 0.15) is 5.82 Å². The van der Waals surface area contributed by atoms with Crippen molar-refractivity contribution < 1.29 is 9.13 Å². The molecule has 0 amide bonds. The zero-order chi connectivity index (χ0) is 18.1. The maximum Gasteiger partial charge on any atom is 0.213 e. The van der Waals surface area contributed by atoms with Crippen molar-refractivity contribution >= 4 is 11.2 Å². The van der Waals surface area contributed by atoms with Gasteiger partial charge in [-0.3, -0.25) is 4.79 Å². The number of fused-ring (bicyclic) bond motifs is 1. The van der Waals surface area contributed by atoms with Crippen molar-refractivity contribution in [3.05, 3.63) is 70.9 Å². The summed E-state index contributed by atoms with van der Waals surface area (Å²) in [6.45, 7) is 0. The molecule has 4 rings (SSSR count). The van der Waals surface area contributed by atoms with E-state index in [-0.39, 0.29) is 16.8 Å². The highest BCUT2D eigenvalue weighted by atomic mass is 19.1. The third-order valence-electron chi connectivity index (χ3n) is 3.92. The zero-order valence-electron chi connectivity index (χ0n) is 13.7. The van der Waals surface area contributed by atoms with Crippen LogP contribution in [-0.4, -0.2) is 27.0 Å². The molecule has 0 unspecified atom stereocenters. The van der Waals surface area contributed by atoms with E-state index < -0.39 is 0 Å². The van der Waals surface area contributed by atoms with Crippen molar-refractivity contribution in [3.63, 3.8) is 0 Å². The van der Waals surface area contributed by atoms with E-state index in [1.54, 1.807) is 30.5 Å². The van der Waals surface area contributed by atoms with Crippen molar-refractivity contribution in [2.24, 2.45) is 0 Å². The third kappa shape index (κ3) is 2.79. The first-order chi connectivity index (χ1) is 12.7. The van der Waals surface area contributed by atoms with Crippen molar-refractivity contribution in [1.29, 1.82) is 0 Å². The summed E-state index contributed by atoms with van der Waals surface area (Å²) in [6.07, 6.45) is 3.10. The van der Waals surface area contributed by atoms with Crippen molar-refractivity contribution in [1.82, 2.24) is 19.9 Å². The fraction of sp³-hybridized carbons (Fsp3) is 0.0526. The second-order valence-corrected chi connectivity index (χ2v) is 5.55. The molecule has 6 nitrogen and oxygen atoms in total. The van der Waals surface area contributed by atoms with Crippen LogP contribution in [0.5, 0.6) is 5.88 Å². The standard InChI is InChI=1S/C19H13FN4O2/c1-26-15-10-12(6-8-21-15)17-16(11-2-4-13(20)5-3-11)24-19-18(23-17)14(25)7-9-22-19/h2-10H,1H3,(H,22,24,25). The van der Waals surface area contributed by atoms with Crippen LogP contribution in [0, 0.1) is 5.82 Å². The van der Waals surface area contributed by atoms with E-state index in [2.05, 4.69) is 19.9 Å². The smallest absolute Gasteiger partial charge is 0.213 e. The number of H-pyrrole nitrogens is 1. The van der Waals surface area contributed by atoms with Crippen molar-refractivity contribution in [2.45, 2.75) is 0 Å². The first-order valence-electron chi connectivity index (χ1n) is 7.81. The molecule has 0 aliphatic carbocycles. The predicted molar refractivity (Wildman–Crippen MR) is 95.3 cm³/mol. The summed E-state index contributed by atoms with van der Waals surface area (Å²) in [5.41, 5.74) is 2.73. The molecule has 0 radical (unpaired) electrons. The predicted octanol–water partition coefficient (Wildman–Crippen LogP) is 3.19.